The van der Waals surface area contributed by atoms with Crippen molar-refractivity contribution in [3.8, 4) is 23.0 Å². The topological polar surface area (TPSA) is 234 Å². The number of nitro benzene ring substituents is 1. The average Bonchev–Trinajstić information content (AvgIpc) is 3.12. The fourth-order valence-corrected chi connectivity index (χ4v) is 7.22. The van der Waals surface area contributed by atoms with Crippen molar-refractivity contribution >= 4 is 53.8 Å². The van der Waals surface area contributed by atoms with Crippen LogP contribution >= 0.6 is 15.9 Å². The molecular formula is C39H50BrFN4O13Si. The Bertz CT molecular complexity index is 2050. The Kier molecular flexibility index (Phi) is 15.5. The van der Waals surface area contributed by atoms with Crippen LogP contribution in [0.25, 0.3) is 0 Å². The van der Waals surface area contributed by atoms with Crippen LogP contribution in [0, 0.1) is 15.9 Å². The number of methoxy groups -OCH3 is 3. The van der Waals surface area contributed by atoms with Crippen LogP contribution in [-0.4, -0.2) is 80.3 Å². The Balaban J connectivity index is 2.25. The second-order valence-electron chi connectivity index (χ2n) is 15.8. The molecule has 3 aromatic rings. The molecule has 322 valence electrons. The first-order chi connectivity index (χ1) is 27.2. The van der Waals surface area contributed by atoms with Crippen LogP contribution in [-0.2, 0) is 28.3 Å². The number of phenolic OH excluding ortho intramolecular Hbond substituents is 2. The van der Waals surface area contributed by atoms with Crippen molar-refractivity contribution in [1.82, 2.24) is 16.0 Å². The molecule has 0 fully saturated rings. The summed E-state index contributed by atoms with van der Waals surface area (Å²) in [6.07, 6.45) is -2.57. The molecule has 3 aromatic carbocycles. The number of aromatic hydroxyl groups is 2. The highest BCUT2D eigenvalue weighted by Crippen LogP contribution is 2.42. The predicted octanol–water partition coefficient (Wildman–Crippen LogP) is 6.77. The smallest absolute Gasteiger partial charge is 0.408 e. The zero-order valence-electron chi connectivity index (χ0n) is 34.5. The van der Waals surface area contributed by atoms with E-state index in [0.29, 0.717) is 10.2 Å². The second kappa shape index (κ2) is 19.1. The van der Waals surface area contributed by atoms with Gasteiger partial charge in [0.05, 0.1) is 30.7 Å². The largest absolute Gasteiger partial charge is 0.504 e. The number of amides is 3. The first-order valence-electron chi connectivity index (χ1n) is 18.0. The molecule has 3 amide bonds. The summed E-state index contributed by atoms with van der Waals surface area (Å²) in [5.74, 6) is -5.45. The van der Waals surface area contributed by atoms with Gasteiger partial charge in [-0.15, -0.1) is 0 Å². The van der Waals surface area contributed by atoms with E-state index in [9.17, 15) is 43.9 Å². The number of benzene rings is 3. The van der Waals surface area contributed by atoms with E-state index >= 15 is 0 Å². The van der Waals surface area contributed by atoms with Gasteiger partial charge in [-0.05, 0) is 102 Å². The van der Waals surface area contributed by atoms with E-state index in [1.54, 1.807) is 20.8 Å². The molecule has 0 aliphatic heterocycles. The lowest BCUT2D eigenvalue weighted by atomic mass is 9.99. The van der Waals surface area contributed by atoms with E-state index < -0.39 is 95.0 Å². The van der Waals surface area contributed by atoms with Gasteiger partial charge in [0.2, 0.25) is 23.4 Å². The molecule has 59 heavy (non-hydrogen) atoms. The van der Waals surface area contributed by atoms with Crippen LogP contribution in [0.4, 0.5) is 14.9 Å². The molecule has 0 aliphatic rings. The highest BCUT2D eigenvalue weighted by Gasteiger charge is 2.45. The van der Waals surface area contributed by atoms with E-state index in [1.807, 2.05) is 33.9 Å². The lowest BCUT2D eigenvalue weighted by Gasteiger charge is -2.41. The summed E-state index contributed by atoms with van der Waals surface area (Å²) in [6.45, 7) is 14.1. The molecule has 17 nitrogen and oxygen atoms in total. The molecule has 4 atom stereocenters. The van der Waals surface area contributed by atoms with Gasteiger partial charge >= 0.3 is 17.7 Å². The summed E-state index contributed by atoms with van der Waals surface area (Å²) in [7, 11) is 0.707. The molecule has 0 saturated carbocycles. The normalized spacial score (nSPS) is 13.8. The number of alkyl carbamates (subject to hydrolysis) is 1. The third-order valence-electron chi connectivity index (χ3n) is 9.37. The van der Waals surface area contributed by atoms with Gasteiger partial charge in [0.15, 0.2) is 25.9 Å². The van der Waals surface area contributed by atoms with Crippen LogP contribution in [0.5, 0.6) is 23.0 Å². The highest BCUT2D eigenvalue weighted by molar-refractivity contribution is 9.10. The molecule has 0 radical (unpaired) electrons. The van der Waals surface area contributed by atoms with Crippen LogP contribution in [0.1, 0.15) is 76.4 Å². The summed E-state index contributed by atoms with van der Waals surface area (Å²) in [5, 5.41) is 40.1. The number of carbonyl (C=O) groups is 4. The second-order valence-corrected chi connectivity index (χ2v) is 21.4. The zero-order valence-corrected chi connectivity index (χ0v) is 37.1. The summed E-state index contributed by atoms with van der Waals surface area (Å²) in [5.41, 5.74) is -2.01. The monoisotopic (exact) mass is 908 g/mol. The fraction of sp³-hybridized carbons (Fsp3) is 0.436. The molecule has 0 aliphatic carbocycles. The number of nitrogens with zero attached hydrogens (tertiary/aromatic N) is 1. The highest BCUT2D eigenvalue weighted by atomic mass is 79.9. The van der Waals surface area contributed by atoms with Crippen molar-refractivity contribution in [2.24, 2.45) is 0 Å². The van der Waals surface area contributed by atoms with Gasteiger partial charge < -0.3 is 49.5 Å². The molecule has 0 saturated heterocycles. The Morgan fingerprint density at radius 1 is 0.814 bits per heavy atom. The molecule has 0 heterocycles. The molecule has 0 unspecified atom stereocenters. The number of nitrogens with one attached hydrogen (secondary N) is 3. The van der Waals surface area contributed by atoms with Gasteiger partial charge in [-0.3, -0.25) is 19.7 Å². The van der Waals surface area contributed by atoms with Crippen molar-refractivity contribution in [1.29, 1.82) is 0 Å². The standard InChI is InChI=1S/C39H50BrFN4O13Si/c1-38(2,3)57-37(51)44-30(22-18-26(46)33(55-8)27(47)19-22)35(49)42-29(20-13-15-28(54-7)23(40)16-20)34(48)43-31(36(50)56-9)32(58-59(10,11)39(4,5)6)21-12-14-24(41)25(17-21)45(52)53/h12-19,29-32,46-47H,1-11H3,(H,42,49)(H,43,48)(H,44,51)/t29-,30-,31+,32-/m1/s1. The summed E-state index contributed by atoms with van der Waals surface area (Å²) >= 11 is 3.38. The number of phenols is 2. The van der Waals surface area contributed by atoms with E-state index in [4.69, 9.17) is 23.4 Å². The number of hydrogen-bond acceptors (Lipinski definition) is 13. The van der Waals surface area contributed by atoms with E-state index in [-0.39, 0.29) is 22.4 Å². The third-order valence-corrected chi connectivity index (χ3v) is 14.4. The number of esters is 1. The van der Waals surface area contributed by atoms with Crippen molar-refractivity contribution in [3.63, 3.8) is 0 Å². The Hall–Kier alpha value is -5.47. The molecule has 0 aromatic heterocycles. The predicted molar refractivity (Wildman–Crippen MR) is 218 cm³/mol. The molecule has 0 spiro atoms. The number of nitro groups is 1. The van der Waals surface area contributed by atoms with Gasteiger partial charge in [-0.2, -0.15) is 4.39 Å². The van der Waals surface area contributed by atoms with Crippen molar-refractivity contribution in [2.45, 2.75) is 89.5 Å². The van der Waals surface area contributed by atoms with Gasteiger partial charge in [0.1, 0.15) is 29.5 Å². The number of hydrogen-bond donors (Lipinski definition) is 5. The minimum atomic E-state index is -2.93. The van der Waals surface area contributed by atoms with Crippen LogP contribution in [0.3, 0.4) is 0 Å². The number of carbonyl (C=O) groups excluding carboxylic acids is 4. The Labute approximate surface area is 350 Å². The number of rotatable bonds is 15. The van der Waals surface area contributed by atoms with Crippen molar-refractivity contribution in [2.75, 3.05) is 21.3 Å². The minimum absolute atomic E-state index is 0.0350. The van der Waals surface area contributed by atoms with Gasteiger partial charge in [0.25, 0.3) is 0 Å². The summed E-state index contributed by atoms with van der Waals surface area (Å²) in [4.78, 5) is 66.7. The van der Waals surface area contributed by atoms with Crippen LogP contribution in [0.2, 0.25) is 18.1 Å². The lowest BCUT2D eigenvalue weighted by molar-refractivity contribution is -0.387. The van der Waals surface area contributed by atoms with Crippen LogP contribution in [0.15, 0.2) is 53.0 Å². The van der Waals surface area contributed by atoms with Gasteiger partial charge in [-0.25, -0.2) is 9.59 Å². The first-order valence-corrected chi connectivity index (χ1v) is 21.7. The maximum atomic E-state index is 14.7. The Morgan fingerprint density at radius 2 is 1.37 bits per heavy atom. The van der Waals surface area contributed by atoms with Crippen LogP contribution < -0.4 is 25.4 Å². The quantitative estimate of drug-likeness (QED) is 0.0459. The maximum absolute atomic E-state index is 14.7. The molecule has 0 bridgehead atoms. The van der Waals surface area contributed by atoms with Crippen molar-refractivity contribution < 1.29 is 62.1 Å². The van der Waals surface area contributed by atoms with E-state index in [0.717, 1.165) is 31.4 Å². The maximum Gasteiger partial charge on any atom is 0.408 e. The fourth-order valence-electron chi connectivity index (χ4n) is 5.40. The summed E-state index contributed by atoms with van der Waals surface area (Å²) < 4.78 is 42.4. The molecular weight excluding hydrogens is 859 g/mol. The SMILES string of the molecule is COC(=O)[C@@H](NC(=O)[C@H](NC(=O)[C@H](NC(=O)OC(C)(C)C)c1cc(O)c(OC)c(O)c1)c1ccc(OC)c(Br)c1)[C@H](O[Si](C)(C)C(C)(C)C)c1ccc(F)c([N+](=O)[O-])c1. The molecule has 3 rings (SSSR count). The Morgan fingerprint density at radius 3 is 1.86 bits per heavy atom. The lowest BCUT2D eigenvalue weighted by Crippen LogP contribution is -2.54. The zero-order chi connectivity index (χ0) is 44.8. The molecule has 20 heteroatoms. The van der Waals surface area contributed by atoms with Gasteiger partial charge in [0, 0.05) is 6.07 Å². The summed E-state index contributed by atoms with van der Waals surface area (Å²) in [6, 6.07) is 4.23. The number of ether oxygens (including phenoxy) is 4. The van der Waals surface area contributed by atoms with E-state index in [1.165, 1.54) is 38.5 Å². The minimum Gasteiger partial charge on any atom is -0.504 e. The third kappa shape index (κ3) is 12.0. The van der Waals surface area contributed by atoms with Gasteiger partial charge in [-0.1, -0.05) is 32.9 Å². The van der Waals surface area contributed by atoms with Crippen molar-refractivity contribution in [3.05, 3.63) is 85.6 Å². The number of halogens is 2. The first kappa shape index (κ1) is 47.9. The molecule has 5 N–H and O–H groups in total. The van der Waals surface area contributed by atoms with E-state index in [2.05, 4.69) is 31.9 Å². The average molecular weight is 910 g/mol.